The van der Waals surface area contributed by atoms with Gasteiger partial charge in [0.25, 0.3) is 0 Å². The van der Waals surface area contributed by atoms with Gasteiger partial charge in [-0.25, -0.2) is 0 Å². The lowest BCUT2D eigenvalue weighted by Crippen LogP contribution is -2.16. The molecule has 1 heteroatoms. The molecule has 0 aromatic heterocycles. The molecule has 1 rings (SSSR count). The van der Waals surface area contributed by atoms with Crippen molar-refractivity contribution in [3.63, 3.8) is 0 Å². The molecule has 0 bridgehead atoms. The van der Waals surface area contributed by atoms with E-state index in [4.69, 9.17) is 6.42 Å². The van der Waals surface area contributed by atoms with Crippen molar-refractivity contribution in [3.05, 3.63) is 35.4 Å². The van der Waals surface area contributed by atoms with Gasteiger partial charge in [-0.2, -0.15) is 0 Å². The van der Waals surface area contributed by atoms with Crippen LogP contribution in [0.25, 0.3) is 0 Å². The Labute approximate surface area is 99.3 Å². The fourth-order valence-corrected chi connectivity index (χ4v) is 1.72. The lowest BCUT2D eigenvalue weighted by molar-refractivity contribution is 0.585. The standard InChI is InChI=1S/C15H21N/c1-6-7-14(16-5)12-8-10-13(11-9-12)15(2,3)4/h1,8-11,14,16H,7H2,2-5H3. The molecule has 0 heterocycles. The van der Waals surface area contributed by atoms with Crippen molar-refractivity contribution in [1.82, 2.24) is 5.32 Å². The highest BCUT2D eigenvalue weighted by Gasteiger charge is 2.14. The molecule has 0 spiro atoms. The fourth-order valence-electron chi connectivity index (χ4n) is 1.72. The zero-order valence-corrected chi connectivity index (χ0v) is 10.7. The van der Waals surface area contributed by atoms with E-state index in [0.29, 0.717) is 0 Å². The predicted molar refractivity (Wildman–Crippen MR) is 70.4 cm³/mol. The smallest absolute Gasteiger partial charge is 0.0428 e. The zero-order chi connectivity index (χ0) is 12.2. The first-order valence-corrected chi connectivity index (χ1v) is 5.70. The van der Waals surface area contributed by atoms with Crippen LogP contribution in [-0.4, -0.2) is 7.05 Å². The largest absolute Gasteiger partial charge is 0.312 e. The molecule has 1 atom stereocenters. The molecule has 1 unspecified atom stereocenters. The number of rotatable bonds is 3. The van der Waals surface area contributed by atoms with Crippen molar-refractivity contribution < 1.29 is 0 Å². The van der Waals surface area contributed by atoms with E-state index < -0.39 is 0 Å². The van der Waals surface area contributed by atoms with Crippen molar-refractivity contribution in [3.8, 4) is 12.3 Å². The van der Waals surface area contributed by atoms with Crippen LogP contribution in [0.5, 0.6) is 0 Å². The van der Waals surface area contributed by atoms with Crippen molar-refractivity contribution in [2.75, 3.05) is 7.05 Å². The molecular formula is C15H21N. The summed E-state index contributed by atoms with van der Waals surface area (Å²) < 4.78 is 0. The molecule has 0 fully saturated rings. The topological polar surface area (TPSA) is 12.0 Å². The van der Waals surface area contributed by atoms with Crippen LogP contribution in [0.4, 0.5) is 0 Å². The Balaban J connectivity index is 2.90. The molecule has 0 aliphatic rings. The molecule has 0 aliphatic heterocycles. The first-order valence-electron chi connectivity index (χ1n) is 5.70. The maximum absolute atomic E-state index is 5.35. The van der Waals surface area contributed by atoms with E-state index in [2.05, 4.69) is 56.3 Å². The Kier molecular flexibility index (Phi) is 4.15. The van der Waals surface area contributed by atoms with Gasteiger partial charge >= 0.3 is 0 Å². The number of hydrogen-bond donors (Lipinski definition) is 1. The van der Waals surface area contributed by atoms with E-state index in [1.54, 1.807) is 0 Å². The van der Waals surface area contributed by atoms with Crippen LogP contribution in [0, 0.1) is 12.3 Å². The number of terminal acetylenes is 1. The molecular weight excluding hydrogens is 194 g/mol. The van der Waals surface area contributed by atoms with E-state index >= 15 is 0 Å². The van der Waals surface area contributed by atoms with Gasteiger partial charge in [0.1, 0.15) is 0 Å². The fraction of sp³-hybridized carbons (Fsp3) is 0.467. The molecule has 86 valence electrons. The molecule has 1 nitrogen and oxygen atoms in total. The molecule has 1 aromatic rings. The Bertz CT molecular complexity index is 362. The van der Waals surface area contributed by atoms with Crippen LogP contribution < -0.4 is 5.32 Å². The molecule has 0 radical (unpaired) electrons. The molecule has 0 saturated carbocycles. The predicted octanol–water partition coefficient (Wildman–Crippen LogP) is 3.27. The monoisotopic (exact) mass is 215 g/mol. The van der Waals surface area contributed by atoms with E-state index in [9.17, 15) is 0 Å². The van der Waals surface area contributed by atoms with Crippen molar-refractivity contribution in [2.24, 2.45) is 0 Å². The highest BCUT2D eigenvalue weighted by Crippen LogP contribution is 2.24. The second kappa shape index (κ2) is 5.18. The van der Waals surface area contributed by atoms with Crippen LogP contribution in [0.15, 0.2) is 24.3 Å². The number of nitrogens with one attached hydrogen (secondary N) is 1. The molecule has 0 aliphatic carbocycles. The first kappa shape index (κ1) is 12.8. The van der Waals surface area contributed by atoms with E-state index in [0.717, 1.165) is 6.42 Å². The Morgan fingerprint density at radius 3 is 2.19 bits per heavy atom. The van der Waals surface area contributed by atoms with Gasteiger partial charge in [0.15, 0.2) is 0 Å². The molecule has 1 N–H and O–H groups in total. The summed E-state index contributed by atoms with van der Waals surface area (Å²) in [6, 6.07) is 8.98. The van der Waals surface area contributed by atoms with Gasteiger partial charge in [-0.3, -0.25) is 0 Å². The minimum atomic E-state index is 0.208. The second-order valence-electron chi connectivity index (χ2n) is 5.12. The Morgan fingerprint density at radius 1 is 1.25 bits per heavy atom. The Morgan fingerprint density at radius 2 is 1.81 bits per heavy atom. The summed E-state index contributed by atoms with van der Waals surface area (Å²) in [4.78, 5) is 0. The van der Waals surface area contributed by atoms with Crippen LogP contribution in [0.2, 0.25) is 0 Å². The summed E-state index contributed by atoms with van der Waals surface area (Å²) in [5.74, 6) is 2.70. The summed E-state index contributed by atoms with van der Waals surface area (Å²) >= 11 is 0. The normalized spacial score (nSPS) is 13.2. The lowest BCUT2D eigenvalue weighted by Gasteiger charge is -2.20. The molecule has 0 saturated heterocycles. The van der Waals surface area contributed by atoms with Gasteiger partial charge in [0, 0.05) is 12.5 Å². The summed E-state index contributed by atoms with van der Waals surface area (Å²) in [5, 5.41) is 3.23. The molecule has 0 amide bonds. The van der Waals surface area contributed by atoms with Gasteiger partial charge in [-0.05, 0) is 23.6 Å². The van der Waals surface area contributed by atoms with Crippen molar-refractivity contribution >= 4 is 0 Å². The van der Waals surface area contributed by atoms with Gasteiger partial charge in [0.05, 0.1) is 0 Å². The average molecular weight is 215 g/mol. The third kappa shape index (κ3) is 3.12. The summed E-state index contributed by atoms with van der Waals surface area (Å²) in [6.07, 6.45) is 6.08. The second-order valence-corrected chi connectivity index (χ2v) is 5.12. The third-order valence-electron chi connectivity index (χ3n) is 2.85. The van der Waals surface area contributed by atoms with Gasteiger partial charge in [-0.15, -0.1) is 12.3 Å². The first-order chi connectivity index (χ1) is 7.49. The number of benzene rings is 1. The van der Waals surface area contributed by atoms with Crippen LogP contribution in [0.1, 0.15) is 44.4 Å². The van der Waals surface area contributed by atoms with Gasteiger partial charge in [-0.1, -0.05) is 45.0 Å². The van der Waals surface area contributed by atoms with Gasteiger partial charge in [0.2, 0.25) is 0 Å². The van der Waals surface area contributed by atoms with Crippen LogP contribution in [0.3, 0.4) is 0 Å². The highest BCUT2D eigenvalue weighted by molar-refractivity contribution is 5.29. The van der Waals surface area contributed by atoms with Crippen molar-refractivity contribution in [1.29, 1.82) is 0 Å². The average Bonchev–Trinajstić information content (AvgIpc) is 2.25. The maximum atomic E-state index is 5.35. The molecule has 16 heavy (non-hydrogen) atoms. The van der Waals surface area contributed by atoms with E-state index in [-0.39, 0.29) is 11.5 Å². The van der Waals surface area contributed by atoms with E-state index in [1.807, 2.05) is 7.05 Å². The zero-order valence-electron chi connectivity index (χ0n) is 10.7. The summed E-state index contributed by atoms with van der Waals surface area (Å²) in [5.41, 5.74) is 2.82. The number of hydrogen-bond acceptors (Lipinski definition) is 1. The summed E-state index contributed by atoms with van der Waals surface area (Å²) in [7, 11) is 1.94. The minimum Gasteiger partial charge on any atom is -0.312 e. The van der Waals surface area contributed by atoms with Gasteiger partial charge < -0.3 is 5.32 Å². The Hall–Kier alpha value is -1.26. The SMILES string of the molecule is C#CCC(NC)c1ccc(C(C)(C)C)cc1. The maximum Gasteiger partial charge on any atom is 0.0428 e. The minimum absolute atomic E-state index is 0.208. The highest BCUT2D eigenvalue weighted by atomic mass is 14.9. The molecule has 1 aromatic carbocycles. The third-order valence-corrected chi connectivity index (χ3v) is 2.85. The van der Waals surface area contributed by atoms with E-state index in [1.165, 1.54) is 11.1 Å². The lowest BCUT2D eigenvalue weighted by atomic mass is 9.86. The quantitative estimate of drug-likeness (QED) is 0.763. The summed E-state index contributed by atoms with van der Waals surface area (Å²) in [6.45, 7) is 6.66. The van der Waals surface area contributed by atoms with Crippen LogP contribution in [-0.2, 0) is 5.41 Å². The van der Waals surface area contributed by atoms with Crippen LogP contribution >= 0.6 is 0 Å². The van der Waals surface area contributed by atoms with Crippen molar-refractivity contribution in [2.45, 2.75) is 38.6 Å².